The van der Waals surface area contributed by atoms with Crippen LogP contribution in [0.2, 0.25) is 0 Å². The van der Waals surface area contributed by atoms with Gasteiger partial charge in [0.2, 0.25) is 0 Å². The van der Waals surface area contributed by atoms with E-state index >= 15 is 0 Å². The highest BCUT2D eigenvalue weighted by Crippen LogP contribution is 2.23. The maximum absolute atomic E-state index is 12.7. The van der Waals surface area contributed by atoms with Crippen LogP contribution in [0.4, 0.5) is 0 Å². The predicted octanol–water partition coefficient (Wildman–Crippen LogP) is 1.60. The number of benzene rings is 1. The fourth-order valence-electron chi connectivity index (χ4n) is 2.88. The number of carbonyl (C=O) groups excluding carboxylic acids is 1. The molecule has 116 valence electrons. The van der Waals surface area contributed by atoms with Crippen molar-refractivity contribution in [3.8, 4) is 0 Å². The minimum Gasteiger partial charge on any atom is -0.342 e. The average Bonchev–Trinajstić information content (AvgIpc) is 2.96. The summed E-state index contributed by atoms with van der Waals surface area (Å²) < 4.78 is 1.88. The summed E-state index contributed by atoms with van der Waals surface area (Å²) in [5.41, 5.74) is 1.76. The quantitative estimate of drug-likeness (QED) is 0.931. The number of fused-ring (bicyclic) bond motifs is 1. The molecule has 6 nitrogen and oxygen atoms in total. The van der Waals surface area contributed by atoms with Crippen LogP contribution in [-0.2, 0) is 13.1 Å². The van der Waals surface area contributed by atoms with E-state index in [0.29, 0.717) is 0 Å². The molecule has 0 aliphatic carbocycles. The lowest BCUT2D eigenvalue weighted by molar-refractivity contribution is 0.0925. The standard InChI is InChI=1S/C16H21N5O/c1-20(2)10-12-6-3-4-7-13(12)16(22)19-14-8-5-9-21-15(14)17-11-18-21/h3-4,6-7,11,14H,5,8-10H2,1-2H3,(H,19,22)/t14-/m0/s1. The molecule has 1 N–H and O–H groups in total. The highest BCUT2D eigenvalue weighted by Gasteiger charge is 2.25. The van der Waals surface area contributed by atoms with E-state index < -0.39 is 0 Å². The lowest BCUT2D eigenvalue weighted by atomic mass is 10.0. The summed E-state index contributed by atoms with van der Waals surface area (Å²) >= 11 is 0. The summed E-state index contributed by atoms with van der Waals surface area (Å²) in [7, 11) is 4.00. The fourth-order valence-corrected chi connectivity index (χ4v) is 2.88. The molecule has 0 unspecified atom stereocenters. The Bertz CT molecular complexity index is 664. The first-order valence-electron chi connectivity index (χ1n) is 7.56. The minimum atomic E-state index is -0.0591. The third kappa shape index (κ3) is 3.01. The minimum absolute atomic E-state index is 0.0427. The average molecular weight is 299 g/mol. The van der Waals surface area contributed by atoms with Crippen molar-refractivity contribution < 1.29 is 4.79 Å². The predicted molar refractivity (Wildman–Crippen MR) is 83.3 cm³/mol. The van der Waals surface area contributed by atoms with E-state index in [1.54, 1.807) is 6.33 Å². The van der Waals surface area contributed by atoms with Crippen LogP contribution in [0, 0.1) is 0 Å². The lowest BCUT2D eigenvalue weighted by Crippen LogP contribution is -2.34. The second-order valence-electron chi connectivity index (χ2n) is 5.90. The molecule has 1 aliphatic heterocycles. The monoisotopic (exact) mass is 299 g/mol. The van der Waals surface area contributed by atoms with Gasteiger partial charge in [0, 0.05) is 18.7 Å². The van der Waals surface area contributed by atoms with E-state index in [1.165, 1.54) is 0 Å². The second kappa shape index (κ2) is 6.27. The third-order valence-electron chi connectivity index (χ3n) is 3.87. The van der Waals surface area contributed by atoms with Gasteiger partial charge in [0.1, 0.15) is 12.2 Å². The van der Waals surface area contributed by atoms with Gasteiger partial charge in [0.25, 0.3) is 5.91 Å². The van der Waals surface area contributed by atoms with Crippen molar-refractivity contribution in [3.63, 3.8) is 0 Å². The molecule has 1 atom stereocenters. The van der Waals surface area contributed by atoms with E-state index in [4.69, 9.17) is 0 Å². The molecule has 3 rings (SSSR count). The van der Waals surface area contributed by atoms with E-state index in [-0.39, 0.29) is 11.9 Å². The van der Waals surface area contributed by atoms with Gasteiger partial charge in [0.15, 0.2) is 0 Å². The maximum Gasteiger partial charge on any atom is 0.252 e. The van der Waals surface area contributed by atoms with E-state index in [0.717, 1.165) is 42.9 Å². The van der Waals surface area contributed by atoms with Crippen LogP contribution in [0.5, 0.6) is 0 Å². The second-order valence-corrected chi connectivity index (χ2v) is 5.90. The number of rotatable bonds is 4. The molecule has 0 saturated carbocycles. The van der Waals surface area contributed by atoms with Crippen molar-refractivity contribution in [2.24, 2.45) is 0 Å². The van der Waals surface area contributed by atoms with Gasteiger partial charge >= 0.3 is 0 Å². The number of nitrogens with zero attached hydrogens (tertiary/aromatic N) is 4. The summed E-state index contributed by atoms with van der Waals surface area (Å²) in [5.74, 6) is 0.809. The van der Waals surface area contributed by atoms with Gasteiger partial charge in [-0.25, -0.2) is 9.67 Å². The van der Waals surface area contributed by atoms with Crippen LogP contribution in [-0.4, -0.2) is 39.7 Å². The molecule has 1 aliphatic rings. The SMILES string of the molecule is CN(C)Cc1ccccc1C(=O)N[C@H]1CCCn2ncnc21. The highest BCUT2D eigenvalue weighted by molar-refractivity contribution is 5.95. The van der Waals surface area contributed by atoms with Gasteiger partial charge in [-0.3, -0.25) is 4.79 Å². The zero-order valence-electron chi connectivity index (χ0n) is 13.0. The van der Waals surface area contributed by atoms with E-state index in [1.807, 2.05) is 43.0 Å². The molecule has 6 heteroatoms. The van der Waals surface area contributed by atoms with Gasteiger partial charge in [-0.2, -0.15) is 5.10 Å². The smallest absolute Gasteiger partial charge is 0.252 e. The number of aromatic nitrogens is 3. The van der Waals surface area contributed by atoms with Crippen molar-refractivity contribution in [2.45, 2.75) is 32.0 Å². The summed E-state index contributed by atoms with van der Waals surface area (Å²) in [6.45, 7) is 1.61. The maximum atomic E-state index is 12.7. The Labute approximate surface area is 130 Å². The Hall–Kier alpha value is -2.21. The van der Waals surface area contributed by atoms with Crippen LogP contribution in [0.15, 0.2) is 30.6 Å². The topological polar surface area (TPSA) is 63.1 Å². The van der Waals surface area contributed by atoms with Crippen molar-refractivity contribution in [2.75, 3.05) is 14.1 Å². The normalized spacial score (nSPS) is 17.3. The molecule has 0 saturated heterocycles. The first-order valence-corrected chi connectivity index (χ1v) is 7.56. The Kier molecular flexibility index (Phi) is 4.20. The molecular formula is C16H21N5O. The van der Waals surface area contributed by atoms with Crippen LogP contribution in [0.1, 0.15) is 40.6 Å². The molecule has 1 aromatic heterocycles. The molecule has 22 heavy (non-hydrogen) atoms. The number of hydrogen-bond acceptors (Lipinski definition) is 4. The molecule has 0 radical (unpaired) electrons. The van der Waals surface area contributed by atoms with Gasteiger partial charge in [0.05, 0.1) is 6.04 Å². The van der Waals surface area contributed by atoms with Crippen molar-refractivity contribution in [1.82, 2.24) is 25.0 Å². The zero-order valence-corrected chi connectivity index (χ0v) is 13.0. The van der Waals surface area contributed by atoms with Gasteiger partial charge < -0.3 is 10.2 Å². The van der Waals surface area contributed by atoms with E-state index in [9.17, 15) is 4.79 Å². The largest absolute Gasteiger partial charge is 0.342 e. The Morgan fingerprint density at radius 2 is 2.23 bits per heavy atom. The molecule has 1 amide bonds. The zero-order chi connectivity index (χ0) is 15.5. The van der Waals surface area contributed by atoms with Gasteiger partial charge in [-0.1, -0.05) is 18.2 Å². The van der Waals surface area contributed by atoms with Crippen LogP contribution >= 0.6 is 0 Å². The van der Waals surface area contributed by atoms with Gasteiger partial charge in [-0.15, -0.1) is 0 Å². The Morgan fingerprint density at radius 3 is 3.05 bits per heavy atom. The molecular weight excluding hydrogens is 278 g/mol. The highest BCUT2D eigenvalue weighted by atomic mass is 16.1. The van der Waals surface area contributed by atoms with Crippen molar-refractivity contribution in [1.29, 1.82) is 0 Å². The number of nitrogens with one attached hydrogen (secondary N) is 1. The summed E-state index contributed by atoms with van der Waals surface area (Å²) in [6, 6.07) is 7.68. The molecule has 2 heterocycles. The van der Waals surface area contributed by atoms with Crippen LogP contribution < -0.4 is 5.32 Å². The summed E-state index contributed by atoms with van der Waals surface area (Å²) in [5, 5.41) is 7.30. The molecule has 0 spiro atoms. The van der Waals surface area contributed by atoms with E-state index in [2.05, 4.69) is 20.3 Å². The number of aryl methyl sites for hydroxylation is 1. The number of amides is 1. The van der Waals surface area contributed by atoms with Gasteiger partial charge in [-0.05, 0) is 38.6 Å². The van der Waals surface area contributed by atoms with Crippen molar-refractivity contribution >= 4 is 5.91 Å². The first kappa shape index (κ1) is 14.7. The molecule has 0 bridgehead atoms. The molecule has 0 fully saturated rings. The molecule has 1 aromatic carbocycles. The molecule has 2 aromatic rings. The van der Waals surface area contributed by atoms with Crippen molar-refractivity contribution in [3.05, 3.63) is 47.5 Å². The summed E-state index contributed by atoms with van der Waals surface area (Å²) in [6.07, 6.45) is 3.46. The van der Waals surface area contributed by atoms with Crippen LogP contribution in [0.3, 0.4) is 0 Å². The third-order valence-corrected chi connectivity index (χ3v) is 3.87. The van der Waals surface area contributed by atoms with Crippen LogP contribution in [0.25, 0.3) is 0 Å². The summed E-state index contributed by atoms with van der Waals surface area (Å²) in [4.78, 5) is 19.0. The Balaban J connectivity index is 1.79. The number of hydrogen-bond donors (Lipinski definition) is 1. The first-order chi connectivity index (χ1) is 10.6. The Morgan fingerprint density at radius 1 is 1.41 bits per heavy atom. The number of carbonyl (C=O) groups is 1. The lowest BCUT2D eigenvalue weighted by Gasteiger charge is -2.24. The fraction of sp³-hybridized carbons (Fsp3) is 0.438.